The molecule has 0 bridgehead atoms. The third-order valence-electron chi connectivity index (χ3n) is 2.57. The summed E-state index contributed by atoms with van der Waals surface area (Å²) < 4.78 is 0. The van der Waals surface area contributed by atoms with E-state index in [2.05, 4.69) is 0 Å². The lowest BCUT2D eigenvalue weighted by atomic mass is 9.84. The Balaban J connectivity index is 2.58. The van der Waals surface area contributed by atoms with Gasteiger partial charge in [0.25, 0.3) is 0 Å². The Hall–Kier alpha value is -0.370. The molecule has 0 aromatic carbocycles. The molecule has 0 spiro atoms. The highest BCUT2D eigenvalue weighted by atomic mass is 16.1. The first-order valence-electron chi connectivity index (χ1n) is 3.92. The number of rotatable bonds is 2. The van der Waals surface area contributed by atoms with Crippen LogP contribution in [0.5, 0.6) is 0 Å². The molecule has 2 N–H and O–H groups in total. The van der Waals surface area contributed by atoms with Gasteiger partial charge in [-0.25, -0.2) is 0 Å². The van der Waals surface area contributed by atoms with Gasteiger partial charge in [-0.15, -0.1) is 0 Å². The minimum atomic E-state index is -0.0608. The average molecular weight is 141 g/mol. The second kappa shape index (κ2) is 2.70. The van der Waals surface area contributed by atoms with Crippen LogP contribution < -0.4 is 5.73 Å². The fourth-order valence-electron chi connectivity index (χ4n) is 1.68. The van der Waals surface area contributed by atoms with Crippen molar-refractivity contribution in [2.75, 3.05) is 6.54 Å². The largest absolute Gasteiger partial charge is 0.324 e. The zero-order chi connectivity index (χ0) is 7.61. The van der Waals surface area contributed by atoms with Crippen molar-refractivity contribution < 1.29 is 4.79 Å². The number of carbonyl (C=O) groups excluding carboxylic acids is 1. The number of nitrogens with two attached hydrogens (primary N) is 1. The van der Waals surface area contributed by atoms with Gasteiger partial charge in [0.1, 0.15) is 0 Å². The number of ketones is 1. The SMILES string of the molecule is CC1(C(=O)CN)CCCC1. The maximum absolute atomic E-state index is 11.2. The first kappa shape index (κ1) is 7.73. The molecular formula is C8H15NO. The summed E-state index contributed by atoms with van der Waals surface area (Å²) in [5.41, 5.74) is 5.23. The smallest absolute Gasteiger partial charge is 0.152 e. The number of hydrogen-bond donors (Lipinski definition) is 1. The van der Waals surface area contributed by atoms with Gasteiger partial charge in [0.2, 0.25) is 0 Å². The van der Waals surface area contributed by atoms with Crippen LogP contribution in [0, 0.1) is 5.41 Å². The Labute approximate surface area is 61.8 Å². The van der Waals surface area contributed by atoms with Gasteiger partial charge in [0.05, 0.1) is 6.54 Å². The van der Waals surface area contributed by atoms with E-state index in [9.17, 15) is 4.79 Å². The van der Waals surface area contributed by atoms with E-state index < -0.39 is 0 Å². The van der Waals surface area contributed by atoms with Gasteiger partial charge in [0, 0.05) is 5.41 Å². The molecule has 0 radical (unpaired) electrons. The lowest BCUT2D eigenvalue weighted by molar-refractivity contribution is -0.126. The molecule has 58 valence electrons. The van der Waals surface area contributed by atoms with Crippen molar-refractivity contribution in [3.8, 4) is 0 Å². The standard InChI is InChI=1S/C8H15NO/c1-8(7(10)6-9)4-2-3-5-8/h2-6,9H2,1H3. The quantitative estimate of drug-likeness (QED) is 0.625. The predicted molar refractivity (Wildman–Crippen MR) is 40.6 cm³/mol. The van der Waals surface area contributed by atoms with E-state index in [4.69, 9.17) is 5.73 Å². The number of carbonyl (C=O) groups is 1. The van der Waals surface area contributed by atoms with Gasteiger partial charge in [-0.05, 0) is 12.8 Å². The molecule has 0 heterocycles. The molecule has 1 fully saturated rings. The van der Waals surface area contributed by atoms with Crippen LogP contribution in [0.2, 0.25) is 0 Å². The van der Waals surface area contributed by atoms with Crippen molar-refractivity contribution in [3.63, 3.8) is 0 Å². The van der Waals surface area contributed by atoms with Crippen molar-refractivity contribution in [2.45, 2.75) is 32.6 Å². The van der Waals surface area contributed by atoms with Crippen LogP contribution in [0.25, 0.3) is 0 Å². The number of hydrogen-bond acceptors (Lipinski definition) is 2. The van der Waals surface area contributed by atoms with Crippen LogP contribution in [0.4, 0.5) is 0 Å². The summed E-state index contributed by atoms with van der Waals surface area (Å²) in [7, 11) is 0. The summed E-state index contributed by atoms with van der Waals surface area (Å²) in [6.07, 6.45) is 4.48. The lowest BCUT2D eigenvalue weighted by Crippen LogP contribution is -2.30. The molecule has 0 aliphatic heterocycles. The Bertz CT molecular complexity index is 136. The molecule has 1 saturated carbocycles. The van der Waals surface area contributed by atoms with Crippen LogP contribution in [-0.2, 0) is 4.79 Å². The monoisotopic (exact) mass is 141 g/mol. The van der Waals surface area contributed by atoms with Gasteiger partial charge in [-0.1, -0.05) is 19.8 Å². The second-order valence-electron chi connectivity index (χ2n) is 3.40. The van der Waals surface area contributed by atoms with Crippen molar-refractivity contribution in [1.82, 2.24) is 0 Å². The second-order valence-corrected chi connectivity index (χ2v) is 3.40. The number of Topliss-reactive ketones (excluding diaryl/α,β-unsaturated/α-hetero) is 1. The highest BCUT2D eigenvalue weighted by Gasteiger charge is 2.34. The summed E-state index contributed by atoms with van der Waals surface area (Å²) in [6, 6.07) is 0. The average Bonchev–Trinajstić information content (AvgIpc) is 2.36. The Morgan fingerprint density at radius 3 is 2.40 bits per heavy atom. The van der Waals surface area contributed by atoms with Crippen molar-refractivity contribution in [1.29, 1.82) is 0 Å². The van der Waals surface area contributed by atoms with Gasteiger partial charge in [-0.2, -0.15) is 0 Å². The molecular weight excluding hydrogens is 126 g/mol. The van der Waals surface area contributed by atoms with Crippen LogP contribution in [0.3, 0.4) is 0 Å². The first-order chi connectivity index (χ1) is 4.69. The van der Waals surface area contributed by atoms with Crippen LogP contribution in [-0.4, -0.2) is 12.3 Å². The van der Waals surface area contributed by atoms with E-state index >= 15 is 0 Å². The third-order valence-corrected chi connectivity index (χ3v) is 2.57. The van der Waals surface area contributed by atoms with E-state index in [1.807, 2.05) is 6.92 Å². The van der Waals surface area contributed by atoms with Crippen molar-refractivity contribution in [3.05, 3.63) is 0 Å². The minimum Gasteiger partial charge on any atom is -0.324 e. The molecule has 2 heteroatoms. The van der Waals surface area contributed by atoms with E-state index in [1.54, 1.807) is 0 Å². The molecule has 2 nitrogen and oxygen atoms in total. The van der Waals surface area contributed by atoms with Crippen LogP contribution >= 0.6 is 0 Å². The normalized spacial score (nSPS) is 23.0. The Morgan fingerprint density at radius 1 is 1.50 bits per heavy atom. The highest BCUT2D eigenvalue weighted by molar-refractivity contribution is 5.86. The predicted octanol–water partition coefficient (Wildman–Crippen LogP) is 1.09. The molecule has 0 atom stereocenters. The first-order valence-corrected chi connectivity index (χ1v) is 3.92. The summed E-state index contributed by atoms with van der Waals surface area (Å²) >= 11 is 0. The molecule has 0 amide bonds. The lowest BCUT2D eigenvalue weighted by Gasteiger charge is -2.19. The van der Waals surface area contributed by atoms with E-state index in [0.29, 0.717) is 0 Å². The molecule has 0 aromatic rings. The molecule has 0 aromatic heterocycles. The molecule has 0 unspecified atom stereocenters. The molecule has 0 saturated heterocycles. The van der Waals surface area contributed by atoms with Gasteiger partial charge in [0.15, 0.2) is 5.78 Å². The molecule has 10 heavy (non-hydrogen) atoms. The van der Waals surface area contributed by atoms with Gasteiger partial charge >= 0.3 is 0 Å². The zero-order valence-electron chi connectivity index (χ0n) is 6.52. The summed E-state index contributed by atoms with van der Waals surface area (Å²) in [5.74, 6) is 0.241. The Morgan fingerprint density at radius 2 is 2.00 bits per heavy atom. The van der Waals surface area contributed by atoms with E-state index in [0.717, 1.165) is 12.8 Å². The fourth-order valence-corrected chi connectivity index (χ4v) is 1.68. The molecule has 1 aliphatic carbocycles. The topological polar surface area (TPSA) is 43.1 Å². The van der Waals surface area contributed by atoms with E-state index in [1.165, 1.54) is 12.8 Å². The van der Waals surface area contributed by atoms with Crippen molar-refractivity contribution in [2.24, 2.45) is 11.1 Å². The minimum absolute atomic E-state index is 0.0608. The molecule has 1 aliphatic rings. The van der Waals surface area contributed by atoms with E-state index in [-0.39, 0.29) is 17.7 Å². The third kappa shape index (κ3) is 1.21. The summed E-state index contributed by atoms with van der Waals surface area (Å²) in [4.78, 5) is 11.2. The maximum atomic E-state index is 11.2. The van der Waals surface area contributed by atoms with Crippen LogP contribution in [0.15, 0.2) is 0 Å². The van der Waals surface area contributed by atoms with Crippen LogP contribution in [0.1, 0.15) is 32.6 Å². The summed E-state index contributed by atoms with van der Waals surface area (Å²) in [6.45, 7) is 2.26. The molecule has 1 rings (SSSR count). The van der Waals surface area contributed by atoms with Crippen molar-refractivity contribution >= 4 is 5.78 Å². The Kier molecular flexibility index (Phi) is 2.09. The van der Waals surface area contributed by atoms with Gasteiger partial charge in [-0.3, -0.25) is 4.79 Å². The highest BCUT2D eigenvalue weighted by Crippen LogP contribution is 2.37. The zero-order valence-corrected chi connectivity index (χ0v) is 6.52. The summed E-state index contributed by atoms with van der Waals surface area (Å²) in [5, 5.41) is 0. The fraction of sp³-hybridized carbons (Fsp3) is 0.875. The van der Waals surface area contributed by atoms with Gasteiger partial charge < -0.3 is 5.73 Å². The maximum Gasteiger partial charge on any atom is 0.152 e.